The Morgan fingerprint density at radius 2 is 2.00 bits per heavy atom. The second kappa shape index (κ2) is 3.38. The number of hydrogen-bond donors (Lipinski definition) is 2. The van der Waals surface area contributed by atoms with E-state index in [2.05, 4.69) is 0 Å². The molecular formula is C9H14F2N2O3S. The van der Waals surface area contributed by atoms with Crippen LogP contribution in [0, 0.1) is 5.92 Å². The molecule has 0 spiro atoms. The van der Waals surface area contributed by atoms with Gasteiger partial charge >= 0.3 is 0 Å². The van der Waals surface area contributed by atoms with Crippen molar-refractivity contribution in [2.45, 2.75) is 42.9 Å². The molecule has 5 nitrogen and oxygen atoms in total. The van der Waals surface area contributed by atoms with Gasteiger partial charge in [-0.05, 0) is 26.2 Å². The van der Waals surface area contributed by atoms with E-state index in [0.717, 1.165) is 0 Å². The molecule has 8 heteroatoms. The van der Waals surface area contributed by atoms with E-state index in [0.29, 0.717) is 12.8 Å². The first-order chi connectivity index (χ1) is 7.62. The van der Waals surface area contributed by atoms with Crippen LogP contribution in [0.15, 0.2) is 0 Å². The number of nitrogens with one attached hydrogen (secondary N) is 1. The average molecular weight is 268 g/mol. The predicted octanol–water partition coefficient (Wildman–Crippen LogP) is -0.0326. The molecule has 0 bridgehead atoms. The van der Waals surface area contributed by atoms with Gasteiger partial charge in [-0.25, -0.2) is 17.2 Å². The normalized spacial score (nSPS) is 34.5. The zero-order valence-electron chi connectivity index (χ0n) is 9.24. The largest absolute Gasteiger partial charge is 0.317 e. The minimum absolute atomic E-state index is 0.178. The lowest BCUT2D eigenvalue weighted by molar-refractivity contribution is -0.122. The molecule has 0 unspecified atom stereocenters. The third-order valence-corrected chi connectivity index (χ3v) is 5.78. The Balaban J connectivity index is 2.04. The maximum absolute atomic E-state index is 12.3. The second-order valence-electron chi connectivity index (χ2n) is 5.07. The molecule has 2 rings (SSSR count). The van der Waals surface area contributed by atoms with Crippen LogP contribution in [0.1, 0.15) is 26.2 Å². The number of halogens is 2. The van der Waals surface area contributed by atoms with Gasteiger partial charge in [0.05, 0.1) is 4.75 Å². The van der Waals surface area contributed by atoms with E-state index in [1.54, 1.807) is 0 Å². The number of rotatable bonds is 4. The molecule has 1 amide bonds. The van der Waals surface area contributed by atoms with Gasteiger partial charge in [0.1, 0.15) is 5.54 Å². The minimum atomic E-state index is -3.80. The summed E-state index contributed by atoms with van der Waals surface area (Å²) in [6.45, 7) is 1.50. The van der Waals surface area contributed by atoms with Crippen LogP contribution in [0.5, 0.6) is 0 Å². The van der Waals surface area contributed by atoms with Crippen molar-refractivity contribution in [2.75, 3.05) is 0 Å². The lowest BCUT2D eigenvalue weighted by atomic mass is 10.2. The highest BCUT2D eigenvalue weighted by Crippen LogP contribution is 2.47. The molecule has 0 heterocycles. The summed E-state index contributed by atoms with van der Waals surface area (Å²) in [5.74, 6) is -2.26. The molecule has 3 N–H and O–H groups in total. The number of carbonyl (C=O) groups is 1. The van der Waals surface area contributed by atoms with E-state index in [-0.39, 0.29) is 6.42 Å². The summed E-state index contributed by atoms with van der Waals surface area (Å²) in [5.41, 5.74) is 3.72. The molecule has 2 aliphatic carbocycles. The van der Waals surface area contributed by atoms with Gasteiger partial charge < -0.3 is 5.73 Å². The minimum Gasteiger partial charge on any atom is -0.317 e. The van der Waals surface area contributed by atoms with Crippen molar-refractivity contribution < 1.29 is 22.0 Å². The van der Waals surface area contributed by atoms with E-state index in [4.69, 9.17) is 5.73 Å². The Hall–Kier alpha value is -0.760. The fourth-order valence-corrected chi connectivity index (χ4v) is 2.98. The second-order valence-corrected chi connectivity index (χ2v) is 7.27. The molecule has 0 aromatic carbocycles. The molecule has 0 aromatic rings. The van der Waals surface area contributed by atoms with Gasteiger partial charge in [0.15, 0.2) is 0 Å². The fourth-order valence-electron chi connectivity index (χ4n) is 1.66. The number of alkyl halides is 2. The van der Waals surface area contributed by atoms with E-state index >= 15 is 0 Å². The summed E-state index contributed by atoms with van der Waals surface area (Å²) in [4.78, 5) is 11.6. The van der Waals surface area contributed by atoms with Crippen molar-refractivity contribution in [3.8, 4) is 0 Å². The summed E-state index contributed by atoms with van der Waals surface area (Å²) in [7, 11) is -3.80. The number of nitrogens with two attached hydrogens (primary N) is 1. The highest BCUT2D eigenvalue weighted by molar-refractivity contribution is 7.91. The zero-order chi connectivity index (χ0) is 13.1. The molecule has 0 aliphatic heterocycles. The molecule has 98 valence electrons. The third kappa shape index (κ3) is 1.93. The van der Waals surface area contributed by atoms with Gasteiger partial charge in [0.25, 0.3) is 5.91 Å². The SMILES string of the molecule is CC1(S(=O)(=O)NC(=O)[C@@]2(N)C[C@H]2C(F)F)CC1. The fraction of sp³-hybridized carbons (Fsp3) is 0.889. The number of hydrogen-bond acceptors (Lipinski definition) is 4. The molecular weight excluding hydrogens is 254 g/mol. The van der Waals surface area contributed by atoms with Crippen LogP contribution < -0.4 is 10.5 Å². The van der Waals surface area contributed by atoms with E-state index in [9.17, 15) is 22.0 Å². The van der Waals surface area contributed by atoms with Crippen LogP contribution >= 0.6 is 0 Å². The Labute approximate surface area is 97.8 Å². The van der Waals surface area contributed by atoms with Gasteiger partial charge in [0, 0.05) is 5.92 Å². The molecule has 17 heavy (non-hydrogen) atoms. The van der Waals surface area contributed by atoms with Crippen molar-refractivity contribution in [2.24, 2.45) is 11.7 Å². The lowest BCUT2D eigenvalue weighted by Crippen LogP contribution is -2.50. The van der Waals surface area contributed by atoms with Crippen molar-refractivity contribution >= 4 is 15.9 Å². The van der Waals surface area contributed by atoms with Crippen molar-refractivity contribution in [3.05, 3.63) is 0 Å². The zero-order valence-corrected chi connectivity index (χ0v) is 10.1. The first kappa shape index (κ1) is 12.7. The first-order valence-electron chi connectivity index (χ1n) is 5.26. The highest BCUT2D eigenvalue weighted by Gasteiger charge is 2.63. The number of carbonyl (C=O) groups excluding carboxylic acids is 1. The molecule has 0 saturated heterocycles. The Bertz CT molecular complexity index is 461. The number of sulfonamides is 1. The molecule has 0 aromatic heterocycles. The van der Waals surface area contributed by atoms with Gasteiger partial charge in [-0.1, -0.05) is 0 Å². The van der Waals surface area contributed by atoms with E-state index in [1.807, 2.05) is 4.72 Å². The van der Waals surface area contributed by atoms with Crippen molar-refractivity contribution in [3.63, 3.8) is 0 Å². The van der Waals surface area contributed by atoms with Crippen LogP contribution in [-0.4, -0.2) is 31.0 Å². The van der Waals surface area contributed by atoms with Gasteiger partial charge in [0.2, 0.25) is 16.4 Å². The predicted molar refractivity (Wildman–Crippen MR) is 55.7 cm³/mol. The van der Waals surface area contributed by atoms with Crippen molar-refractivity contribution in [1.82, 2.24) is 4.72 Å². The summed E-state index contributed by atoms with van der Waals surface area (Å²) >= 11 is 0. The van der Waals surface area contributed by atoms with E-state index < -0.39 is 38.6 Å². The number of amides is 1. The highest BCUT2D eigenvalue weighted by atomic mass is 32.2. The monoisotopic (exact) mass is 268 g/mol. The van der Waals surface area contributed by atoms with Crippen LogP contribution in [0.3, 0.4) is 0 Å². The maximum Gasteiger partial charge on any atom is 0.254 e. The summed E-state index contributed by atoms with van der Waals surface area (Å²) in [5, 5.41) is 0. The Kier molecular flexibility index (Phi) is 2.52. The summed E-state index contributed by atoms with van der Waals surface area (Å²) in [6, 6.07) is 0. The topological polar surface area (TPSA) is 89.3 Å². The lowest BCUT2D eigenvalue weighted by Gasteiger charge is -2.15. The van der Waals surface area contributed by atoms with Crippen molar-refractivity contribution in [1.29, 1.82) is 0 Å². The molecule has 2 atom stereocenters. The molecule has 2 saturated carbocycles. The molecule has 0 radical (unpaired) electrons. The summed E-state index contributed by atoms with van der Waals surface area (Å²) < 4.78 is 49.0. The smallest absolute Gasteiger partial charge is 0.254 e. The molecule has 2 fully saturated rings. The standard InChI is InChI=1S/C9H14F2N2O3S/c1-8(2-3-8)17(15,16)13-7(14)9(12)4-5(9)6(10)11/h5-6H,2-4,12H2,1H3,(H,13,14)/t5-,9+/m0/s1. The first-order valence-corrected chi connectivity index (χ1v) is 6.74. The Morgan fingerprint density at radius 3 is 2.35 bits per heavy atom. The van der Waals surface area contributed by atoms with Crippen LogP contribution in [0.2, 0.25) is 0 Å². The van der Waals surface area contributed by atoms with Gasteiger partial charge in [-0.15, -0.1) is 0 Å². The average Bonchev–Trinajstić information content (AvgIpc) is 3.04. The summed E-state index contributed by atoms with van der Waals surface area (Å²) in [6.07, 6.45) is -1.95. The molecule has 2 aliphatic rings. The van der Waals surface area contributed by atoms with Gasteiger partial charge in [-0.2, -0.15) is 0 Å². The Morgan fingerprint density at radius 1 is 1.47 bits per heavy atom. The quantitative estimate of drug-likeness (QED) is 0.749. The third-order valence-electron chi connectivity index (χ3n) is 3.62. The van der Waals surface area contributed by atoms with Crippen LogP contribution in [0.4, 0.5) is 8.78 Å². The van der Waals surface area contributed by atoms with E-state index in [1.165, 1.54) is 6.92 Å². The maximum atomic E-state index is 12.3. The van der Waals surface area contributed by atoms with Crippen LogP contribution in [-0.2, 0) is 14.8 Å². The van der Waals surface area contributed by atoms with Gasteiger partial charge in [-0.3, -0.25) is 9.52 Å². The van der Waals surface area contributed by atoms with Crippen LogP contribution in [0.25, 0.3) is 0 Å².